The summed E-state index contributed by atoms with van der Waals surface area (Å²) in [7, 11) is 5.52. The fourth-order valence-electron chi connectivity index (χ4n) is 6.22. The standard InChI is InChI=1S/C45H81NO7/c1-6-8-10-12-14-16-18-20-21-22-23-24-26-28-30-32-34-36-44(48)53-41(39-51-38-37-42(45(49)50)46(3,4)5)40-52-43(47)35-33-31-29-27-25-19-17-15-13-11-9-7-2/h8,10,14,16,20-21,41-42H,6-7,9,11-13,15,17-19,22-40H2,1-5H3/p+1/b10-8-,16-14-,21-20-. The summed E-state index contributed by atoms with van der Waals surface area (Å²) in [6.07, 6.45) is 40.4. The Balaban J connectivity index is 4.36. The fraction of sp³-hybridized carbons (Fsp3) is 0.800. The summed E-state index contributed by atoms with van der Waals surface area (Å²) in [6, 6.07) is -0.614. The molecule has 0 spiro atoms. The van der Waals surface area contributed by atoms with Crippen LogP contribution in [0.5, 0.6) is 0 Å². The third-order valence-corrected chi connectivity index (χ3v) is 9.55. The van der Waals surface area contributed by atoms with Crippen molar-refractivity contribution < 1.29 is 38.2 Å². The Hall–Kier alpha value is -2.45. The van der Waals surface area contributed by atoms with Gasteiger partial charge in [0.05, 0.1) is 34.4 Å². The molecule has 2 unspecified atom stereocenters. The highest BCUT2D eigenvalue weighted by molar-refractivity contribution is 5.72. The van der Waals surface area contributed by atoms with E-state index < -0.39 is 18.1 Å². The summed E-state index contributed by atoms with van der Waals surface area (Å²) in [5, 5.41) is 9.61. The van der Waals surface area contributed by atoms with Gasteiger partial charge in [0.1, 0.15) is 6.61 Å². The second-order valence-electron chi connectivity index (χ2n) is 15.6. The van der Waals surface area contributed by atoms with Crippen molar-refractivity contribution in [3.05, 3.63) is 36.5 Å². The van der Waals surface area contributed by atoms with Gasteiger partial charge in [-0.05, 0) is 44.9 Å². The van der Waals surface area contributed by atoms with Gasteiger partial charge in [-0.3, -0.25) is 9.59 Å². The Kier molecular flexibility index (Phi) is 34.8. The average molecular weight is 749 g/mol. The van der Waals surface area contributed by atoms with Crippen molar-refractivity contribution >= 4 is 17.9 Å². The summed E-state index contributed by atoms with van der Waals surface area (Å²) in [6.45, 7) is 4.61. The third-order valence-electron chi connectivity index (χ3n) is 9.55. The second kappa shape index (κ2) is 36.5. The number of allylic oxidation sites excluding steroid dienone is 6. The van der Waals surface area contributed by atoms with Gasteiger partial charge in [0, 0.05) is 19.3 Å². The largest absolute Gasteiger partial charge is 0.477 e. The molecule has 0 amide bonds. The Morgan fingerprint density at radius 3 is 1.57 bits per heavy atom. The van der Waals surface area contributed by atoms with Crippen LogP contribution in [0.15, 0.2) is 36.5 Å². The van der Waals surface area contributed by atoms with E-state index in [1.165, 1.54) is 83.5 Å². The maximum Gasteiger partial charge on any atom is 0.362 e. The molecule has 0 aromatic carbocycles. The number of carboxylic acid groups (broad SMARTS) is 1. The molecule has 0 bridgehead atoms. The van der Waals surface area contributed by atoms with Crippen molar-refractivity contribution in [2.45, 2.75) is 193 Å². The highest BCUT2D eigenvalue weighted by Crippen LogP contribution is 2.14. The van der Waals surface area contributed by atoms with Crippen LogP contribution >= 0.6 is 0 Å². The molecule has 0 aromatic rings. The molecule has 0 aromatic heterocycles. The van der Waals surface area contributed by atoms with E-state index in [2.05, 4.69) is 50.3 Å². The van der Waals surface area contributed by atoms with Crippen LogP contribution in [0, 0.1) is 0 Å². The zero-order chi connectivity index (χ0) is 39.3. The number of hydrogen-bond donors (Lipinski definition) is 1. The number of rotatable bonds is 38. The lowest BCUT2D eigenvalue weighted by Gasteiger charge is -2.31. The van der Waals surface area contributed by atoms with Crippen LogP contribution in [0.2, 0.25) is 0 Å². The van der Waals surface area contributed by atoms with Crippen molar-refractivity contribution in [2.75, 3.05) is 41.0 Å². The predicted octanol–water partition coefficient (Wildman–Crippen LogP) is 11.5. The van der Waals surface area contributed by atoms with Gasteiger partial charge in [0.15, 0.2) is 12.1 Å². The first-order valence-electron chi connectivity index (χ1n) is 21.5. The second-order valence-corrected chi connectivity index (χ2v) is 15.6. The molecule has 8 heteroatoms. The molecule has 0 rings (SSSR count). The first-order valence-corrected chi connectivity index (χ1v) is 21.5. The summed E-state index contributed by atoms with van der Waals surface area (Å²) < 4.78 is 17.3. The average Bonchev–Trinajstić information content (AvgIpc) is 3.11. The van der Waals surface area contributed by atoms with E-state index in [9.17, 15) is 19.5 Å². The molecule has 0 aliphatic heterocycles. The van der Waals surface area contributed by atoms with Gasteiger partial charge in [-0.15, -0.1) is 0 Å². The maximum atomic E-state index is 12.7. The molecule has 0 radical (unpaired) electrons. The van der Waals surface area contributed by atoms with Gasteiger partial charge in [0.25, 0.3) is 0 Å². The number of nitrogens with zero attached hydrogens (tertiary/aromatic N) is 1. The molecule has 308 valence electrons. The van der Waals surface area contributed by atoms with E-state index in [4.69, 9.17) is 14.2 Å². The van der Waals surface area contributed by atoms with Crippen LogP contribution in [-0.2, 0) is 28.6 Å². The lowest BCUT2D eigenvalue weighted by Crippen LogP contribution is -2.50. The minimum Gasteiger partial charge on any atom is -0.477 e. The molecule has 0 aliphatic carbocycles. The summed E-state index contributed by atoms with van der Waals surface area (Å²) in [4.78, 5) is 36.9. The maximum absolute atomic E-state index is 12.7. The molecule has 0 heterocycles. The summed E-state index contributed by atoms with van der Waals surface area (Å²) >= 11 is 0. The molecular weight excluding hydrogens is 666 g/mol. The Morgan fingerprint density at radius 2 is 1.06 bits per heavy atom. The lowest BCUT2D eigenvalue weighted by molar-refractivity contribution is -0.887. The molecule has 8 nitrogen and oxygen atoms in total. The van der Waals surface area contributed by atoms with Crippen molar-refractivity contribution in [3.8, 4) is 0 Å². The highest BCUT2D eigenvalue weighted by Gasteiger charge is 2.31. The van der Waals surface area contributed by atoms with E-state index in [1.807, 2.05) is 21.1 Å². The normalized spacial score (nSPS) is 13.3. The molecule has 0 saturated carbocycles. The van der Waals surface area contributed by atoms with Crippen LogP contribution < -0.4 is 0 Å². The van der Waals surface area contributed by atoms with Crippen LogP contribution in [0.1, 0.15) is 181 Å². The van der Waals surface area contributed by atoms with E-state index in [-0.39, 0.29) is 36.2 Å². The van der Waals surface area contributed by atoms with Gasteiger partial charge in [-0.2, -0.15) is 0 Å². The molecule has 2 atom stereocenters. The van der Waals surface area contributed by atoms with Crippen LogP contribution in [0.4, 0.5) is 0 Å². The van der Waals surface area contributed by atoms with E-state index in [0.29, 0.717) is 19.3 Å². The number of unbranched alkanes of at least 4 members (excludes halogenated alkanes) is 18. The fourth-order valence-corrected chi connectivity index (χ4v) is 6.22. The number of carboxylic acids is 1. The van der Waals surface area contributed by atoms with E-state index in [1.54, 1.807) is 0 Å². The van der Waals surface area contributed by atoms with Gasteiger partial charge >= 0.3 is 17.9 Å². The van der Waals surface area contributed by atoms with E-state index >= 15 is 0 Å². The molecule has 0 saturated heterocycles. The summed E-state index contributed by atoms with van der Waals surface area (Å²) in [5.74, 6) is -1.48. The number of carbonyl (C=O) groups is 3. The molecule has 53 heavy (non-hydrogen) atoms. The van der Waals surface area contributed by atoms with Crippen molar-refractivity contribution in [2.24, 2.45) is 0 Å². The molecular formula is C45H82NO7+. The minimum atomic E-state index is -0.877. The molecule has 0 fully saturated rings. The third kappa shape index (κ3) is 35.0. The molecule has 1 N–H and O–H groups in total. The Labute approximate surface area is 325 Å². The van der Waals surface area contributed by atoms with Crippen LogP contribution in [0.3, 0.4) is 0 Å². The van der Waals surface area contributed by atoms with Crippen LogP contribution in [0.25, 0.3) is 0 Å². The van der Waals surface area contributed by atoms with Gasteiger partial charge in [-0.1, -0.05) is 153 Å². The number of quaternary nitrogens is 1. The Morgan fingerprint density at radius 1 is 0.585 bits per heavy atom. The number of ether oxygens (including phenoxy) is 3. The minimum absolute atomic E-state index is 0.0525. The SMILES string of the molecule is CC/C=C\C/C=C\C/C=C\CCCCCCCCCC(=O)OC(COCCC(C(=O)O)[N+](C)(C)C)COC(=O)CCCCCCCCCCCCCC. The number of hydrogen-bond acceptors (Lipinski definition) is 6. The van der Waals surface area contributed by atoms with E-state index in [0.717, 1.165) is 64.2 Å². The molecule has 0 aliphatic rings. The first kappa shape index (κ1) is 50.5. The zero-order valence-corrected chi connectivity index (χ0v) is 35.0. The number of esters is 2. The zero-order valence-electron chi connectivity index (χ0n) is 35.0. The first-order chi connectivity index (χ1) is 25.6. The summed E-state index contributed by atoms with van der Waals surface area (Å²) in [5.41, 5.74) is 0. The lowest BCUT2D eigenvalue weighted by atomic mass is 10.0. The number of likely N-dealkylation sites (N-methyl/N-ethyl adjacent to an activating group) is 1. The predicted molar refractivity (Wildman–Crippen MR) is 220 cm³/mol. The highest BCUT2D eigenvalue weighted by atomic mass is 16.6. The monoisotopic (exact) mass is 749 g/mol. The smallest absolute Gasteiger partial charge is 0.362 e. The topological polar surface area (TPSA) is 99.1 Å². The number of aliphatic carboxylic acids is 1. The van der Waals surface area contributed by atoms with Gasteiger partial charge in [0.2, 0.25) is 0 Å². The van der Waals surface area contributed by atoms with Crippen molar-refractivity contribution in [1.29, 1.82) is 0 Å². The Bertz CT molecular complexity index is 968. The van der Waals surface area contributed by atoms with Gasteiger partial charge < -0.3 is 23.8 Å². The van der Waals surface area contributed by atoms with Crippen LogP contribution in [-0.4, -0.2) is 80.6 Å². The number of carbonyl (C=O) groups excluding carboxylic acids is 2. The van der Waals surface area contributed by atoms with Crippen molar-refractivity contribution in [1.82, 2.24) is 0 Å². The van der Waals surface area contributed by atoms with Crippen molar-refractivity contribution in [3.63, 3.8) is 0 Å². The quantitative estimate of drug-likeness (QED) is 0.0290. The van der Waals surface area contributed by atoms with Gasteiger partial charge in [-0.25, -0.2) is 4.79 Å².